The Balaban J connectivity index is 2.01. The van der Waals surface area contributed by atoms with Gasteiger partial charge in [0.2, 0.25) is 5.75 Å². The van der Waals surface area contributed by atoms with Crippen molar-refractivity contribution in [2.75, 3.05) is 42.0 Å². The van der Waals surface area contributed by atoms with Gasteiger partial charge in [-0.2, -0.15) is 0 Å². The zero-order chi connectivity index (χ0) is 20.5. The van der Waals surface area contributed by atoms with Crippen LogP contribution in [-0.4, -0.2) is 52.8 Å². The molecule has 0 saturated heterocycles. The molecule has 6 nitrogen and oxygen atoms in total. The zero-order valence-electron chi connectivity index (χ0n) is 17.1. The second-order valence-electron chi connectivity index (χ2n) is 6.20. The van der Waals surface area contributed by atoms with Crippen LogP contribution in [0.5, 0.6) is 17.2 Å². The van der Waals surface area contributed by atoms with Gasteiger partial charge in [0.1, 0.15) is 5.82 Å². The molecule has 0 aliphatic carbocycles. The third-order valence-corrected chi connectivity index (χ3v) is 4.35. The lowest BCUT2D eigenvalue weighted by atomic mass is 10.1. The van der Waals surface area contributed by atoms with Crippen molar-refractivity contribution in [1.29, 1.82) is 0 Å². The molecule has 2 aromatic rings. The molecular formula is C21H28FN3O3. The summed E-state index contributed by atoms with van der Waals surface area (Å²) in [6, 6.07) is 10.4. The molecule has 2 aromatic carbocycles. The molecule has 0 amide bonds. The molecule has 0 heterocycles. The minimum absolute atomic E-state index is 0.241. The van der Waals surface area contributed by atoms with Gasteiger partial charge in [0.25, 0.3) is 0 Å². The fourth-order valence-corrected chi connectivity index (χ4v) is 3.04. The van der Waals surface area contributed by atoms with E-state index >= 15 is 0 Å². The van der Waals surface area contributed by atoms with Crippen LogP contribution in [0.3, 0.4) is 0 Å². The Morgan fingerprint density at radius 2 is 1.82 bits per heavy atom. The highest BCUT2D eigenvalue weighted by atomic mass is 19.1. The molecule has 0 radical (unpaired) electrons. The molecule has 2 rings (SSSR count). The number of nitrogens with one attached hydrogen (secondary N) is 1. The second kappa shape index (κ2) is 10.4. The van der Waals surface area contributed by atoms with E-state index in [2.05, 4.69) is 10.3 Å². The minimum atomic E-state index is -0.241. The van der Waals surface area contributed by atoms with Gasteiger partial charge in [0, 0.05) is 32.7 Å². The Hall–Kier alpha value is -2.96. The quantitative estimate of drug-likeness (QED) is 0.555. The molecule has 0 saturated carbocycles. The van der Waals surface area contributed by atoms with Crippen LogP contribution in [-0.2, 0) is 13.0 Å². The van der Waals surface area contributed by atoms with E-state index in [0.717, 1.165) is 17.1 Å². The molecule has 0 spiro atoms. The molecule has 1 N–H and O–H groups in total. The number of aliphatic imine (C=N–C) groups is 1. The maximum Gasteiger partial charge on any atom is 0.203 e. The number of halogens is 1. The van der Waals surface area contributed by atoms with Crippen molar-refractivity contribution < 1.29 is 18.6 Å². The first kappa shape index (κ1) is 21.3. The van der Waals surface area contributed by atoms with Gasteiger partial charge >= 0.3 is 0 Å². The number of benzene rings is 2. The van der Waals surface area contributed by atoms with Crippen molar-refractivity contribution >= 4 is 5.96 Å². The van der Waals surface area contributed by atoms with Crippen LogP contribution in [0.15, 0.2) is 41.4 Å². The third-order valence-electron chi connectivity index (χ3n) is 4.35. The summed E-state index contributed by atoms with van der Waals surface area (Å²) in [5.41, 5.74) is 1.88. The number of guanidine groups is 1. The molecule has 0 fully saturated rings. The number of hydrogen-bond acceptors (Lipinski definition) is 4. The fourth-order valence-electron chi connectivity index (χ4n) is 3.04. The second-order valence-corrected chi connectivity index (χ2v) is 6.20. The number of rotatable bonds is 8. The van der Waals surface area contributed by atoms with E-state index in [1.807, 2.05) is 30.1 Å². The van der Waals surface area contributed by atoms with E-state index < -0.39 is 0 Å². The van der Waals surface area contributed by atoms with Crippen LogP contribution >= 0.6 is 0 Å². The van der Waals surface area contributed by atoms with Crippen LogP contribution in [0.25, 0.3) is 0 Å². The van der Waals surface area contributed by atoms with Crippen LogP contribution in [0.1, 0.15) is 11.1 Å². The highest BCUT2D eigenvalue weighted by Crippen LogP contribution is 2.39. The van der Waals surface area contributed by atoms with Crippen molar-refractivity contribution in [2.45, 2.75) is 13.0 Å². The number of nitrogens with zero attached hydrogens (tertiary/aromatic N) is 2. The Bertz CT molecular complexity index is 811. The maximum atomic E-state index is 13.4. The summed E-state index contributed by atoms with van der Waals surface area (Å²) in [5.74, 6) is 2.35. The van der Waals surface area contributed by atoms with Gasteiger partial charge < -0.3 is 24.4 Å². The third kappa shape index (κ3) is 5.28. The molecule has 0 atom stereocenters. The number of methoxy groups -OCH3 is 3. The van der Waals surface area contributed by atoms with Gasteiger partial charge in [0.15, 0.2) is 17.5 Å². The highest BCUT2D eigenvalue weighted by molar-refractivity contribution is 5.79. The highest BCUT2D eigenvalue weighted by Gasteiger charge is 2.16. The zero-order valence-corrected chi connectivity index (χ0v) is 17.1. The Morgan fingerprint density at radius 3 is 2.43 bits per heavy atom. The first-order valence-corrected chi connectivity index (χ1v) is 8.98. The summed E-state index contributed by atoms with van der Waals surface area (Å²) in [5, 5.41) is 3.32. The first-order valence-electron chi connectivity index (χ1n) is 8.98. The topological polar surface area (TPSA) is 55.3 Å². The predicted octanol–water partition coefficient (Wildman–Crippen LogP) is 3.10. The normalized spacial score (nSPS) is 11.1. The average molecular weight is 389 g/mol. The fraction of sp³-hybridized carbons (Fsp3) is 0.381. The molecular weight excluding hydrogens is 361 g/mol. The lowest BCUT2D eigenvalue weighted by Gasteiger charge is -2.22. The summed E-state index contributed by atoms with van der Waals surface area (Å²) in [6.45, 7) is 1.20. The monoisotopic (exact) mass is 389 g/mol. The van der Waals surface area contributed by atoms with Crippen molar-refractivity contribution in [1.82, 2.24) is 10.2 Å². The SMILES string of the molecule is CN=C(NCCc1ccc(OC)c(OC)c1OC)N(C)Cc1cccc(F)c1. The largest absolute Gasteiger partial charge is 0.493 e. The van der Waals surface area contributed by atoms with Crippen LogP contribution in [0.4, 0.5) is 4.39 Å². The molecule has 0 aromatic heterocycles. The van der Waals surface area contributed by atoms with E-state index in [1.165, 1.54) is 12.1 Å². The Kier molecular flexibility index (Phi) is 7.92. The molecule has 0 unspecified atom stereocenters. The molecule has 152 valence electrons. The van der Waals surface area contributed by atoms with E-state index in [9.17, 15) is 4.39 Å². The molecule has 0 bridgehead atoms. The predicted molar refractivity (Wildman–Crippen MR) is 109 cm³/mol. The molecule has 0 aliphatic heterocycles. The van der Waals surface area contributed by atoms with Gasteiger partial charge in [-0.3, -0.25) is 4.99 Å². The number of ether oxygens (including phenoxy) is 3. The van der Waals surface area contributed by atoms with E-state index in [1.54, 1.807) is 34.4 Å². The number of hydrogen-bond donors (Lipinski definition) is 1. The van der Waals surface area contributed by atoms with Crippen LogP contribution in [0, 0.1) is 5.82 Å². The Morgan fingerprint density at radius 1 is 1.07 bits per heavy atom. The van der Waals surface area contributed by atoms with Crippen molar-refractivity contribution in [3.05, 3.63) is 53.3 Å². The summed E-state index contributed by atoms with van der Waals surface area (Å²) >= 11 is 0. The standard InChI is InChI=1S/C21H28FN3O3/c1-23-21(25(2)14-15-7-6-8-17(22)13-15)24-12-11-16-9-10-18(26-3)20(28-5)19(16)27-4/h6-10,13H,11-12,14H2,1-5H3,(H,23,24). The van der Waals surface area contributed by atoms with Gasteiger partial charge in [-0.05, 0) is 30.2 Å². The maximum absolute atomic E-state index is 13.4. The minimum Gasteiger partial charge on any atom is -0.493 e. The van der Waals surface area contributed by atoms with Gasteiger partial charge in [0.05, 0.1) is 21.3 Å². The summed E-state index contributed by atoms with van der Waals surface area (Å²) in [7, 11) is 8.43. The van der Waals surface area contributed by atoms with E-state index in [0.29, 0.717) is 36.8 Å². The average Bonchev–Trinajstić information content (AvgIpc) is 2.70. The van der Waals surface area contributed by atoms with Crippen molar-refractivity contribution in [3.8, 4) is 17.2 Å². The van der Waals surface area contributed by atoms with Crippen molar-refractivity contribution in [2.24, 2.45) is 4.99 Å². The summed E-state index contributed by atoms with van der Waals surface area (Å²) in [6.07, 6.45) is 0.705. The first-order chi connectivity index (χ1) is 13.5. The van der Waals surface area contributed by atoms with Gasteiger partial charge in [-0.25, -0.2) is 4.39 Å². The Labute approximate surface area is 165 Å². The summed E-state index contributed by atoms with van der Waals surface area (Å²) in [4.78, 5) is 6.25. The lowest BCUT2D eigenvalue weighted by molar-refractivity contribution is 0.322. The molecule has 7 heteroatoms. The molecule has 0 aliphatic rings. The van der Waals surface area contributed by atoms with Crippen LogP contribution in [0.2, 0.25) is 0 Å². The lowest BCUT2D eigenvalue weighted by Crippen LogP contribution is -2.39. The summed E-state index contributed by atoms with van der Waals surface area (Å²) < 4.78 is 29.7. The van der Waals surface area contributed by atoms with E-state index in [-0.39, 0.29) is 5.82 Å². The smallest absolute Gasteiger partial charge is 0.203 e. The van der Waals surface area contributed by atoms with E-state index in [4.69, 9.17) is 14.2 Å². The van der Waals surface area contributed by atoms with Crippen LogP contribution < -0.4 is 19.5 Å². The van der Waals surface area contributed by atoms with Gasteiger partial charge in [-0.15, -0.1) is 0 Å². The van der Waals surface area contributed by atoms with Gasteiger partial charge in [-0.1, -0.05) is 18.2 Å². The van der Waals surface area contributed by atoms with Crippen molar-refractivity contribution in [3.63, 3.8) is 0 Å². The molecule has 28 heavy (non-hydrogen) atoms.